The molecule has 2 heterocycles. The molecule has 0 bridgehead atoms. The minimum absolute atomic E-state index is 0.0139. The van der Waals surface area contributed by atoms with Gasteiger partial charge in [-0.05, 0) is 72.7 Å². The van der Waals surface area contributed by atoms with Crippen LogP contribution in [0.3, 0.4) is 0 Å². The number of fused-ring (bicyclic) bond motifs is 3. The fraction of sp³-hybridized carbons (Fsp3) is 0.417. The molecule has 5 heteroatoms. The van der Waals surface area contributed by atoms with Gasteiger partial charge in [0.15, 0.2) is 0 Å². The summed E-state index contributed by atoms with van der Waals surface area (Å²) in [4.78, 5) is 27.1. The standard InChI is InChI=1S/C24H27N3O2/c28-23-12-19(24(29)26-14-16-4-3-9-25-13-16)15-27(23)20-7-8-22-18(11-20)10-17-5-1-2-6-21(17)22/h1-2,5-8,11,16,19,25H,3-4,9-10,12-15H2,(H,26,29). The lowest BCUT2D eigenvalue weighted by molar-refractivity contribution is -0.126. The molecule has 2 N–H and O–H groups in total. The molecule has 2 fully saturated rings. The molecule has 0 saturated carbocycles. The third kappa shape index (κ3) is 3.55. The molecule has 0 aromatic heterocycles. The first-order valence-electron chi connectivity index (χ1n) is 10.7. The number of carbonyl (C=O) groups is 2. The van der Waals surface area contributed by atoms with Gasteiger partial charge in [-0.1, -0.05) is 30.3 Å². The average molecular weight is 389 g/mol. The van der Waals surface area contributed by atoms with Gasteiger partial charge in [-0.3, -0.25) is 9.59 Å². The summed E-state index contributed by atoms with van der Waals surface area (Å²) in [5.41, 5.74) is 6.05. The van der Waals surface area contributed by atoms with Crippen LogP contribution in [0.15, 0.2) is 42.5 Å². The fourth-order valence-electron chi connectivity index (χ4n) is 4.92. The first-order chi connectivity index (χ1) is 14.2. The van der Waals surface area contributed by atoms with E-state index in [2.05, 4.69) is 47.0 Å². The Morgan fingerprint density at radius 3 is 2.86 bits per heavy atom. The number of carbonyl (C=O) groups excluding carboxylic acids is 2. The summed E-state index contributed by atoms with van der Waals surface area (Å²) in [5, 5.41) is 6.46. The van der Waals surface area contributed by atoms with Gasteiger partial charge in [0.05, 0.1) is 5.92 Å². The van der Waals surface area contributed by atoms with Crippen LogP contribution in [-0.4, -0.2) is 38.0 Å². The Hall–Kier alpha value is -2.66. The van der Waals surface area contributed by atoms with Crippen molar-refractivity contribution in [3.8, 4) is 11.1 Å². The smallest absolute Gasteiger partial charge is 0.227 e. The zero-order valence-electron chi connectivity index (χ0n) is 16.6. The van der Waals surface area contributed by atoms with Gasteiger partial charge in [-0.15, -0.1) is 0 Å². The summed E-state index contributed by atoms with van der Waals surface area (Å²) >= 11 is 0. The molecule has 2 amide bonds. The van der Waals surface area contributed by atoms with Crippen LogP contribution in [0.1, 0.15) is 30.4 Å². The van der Waals surface area contributed by atoms with Crippen molar-refractivity contribution < 1.29 is 9.59 Å². The fourth-order valence-corrected chi connectivity index (χ4v) is 4.92. The summed E-state index contributed by atoms with van der Waals surface area (Å²) in [6.45, 7) is 3.21. The maximum Gasteiger partial charge on any atom is 0.227 e. The van der Waals surface area contributed by atoms with Crippen molar-refractivity contribution in [3.05, 3.63) is 53.6 Å². The monoisotopic (exact) mass is 389 g/mol. The highest BCUT2D eigenvalue weighted by atomic mass is 16.2. The highest BCUT2D eigenvalue weighted by Gasteiger charge is 2.35. The Morgan fingerprint density at radius 2 is 2.00 bits per heavy atom. The highest BCUT2D eigenvalue weighted by molar-refractivity contribution is 6.00. The van der Waals surface area contributed by atoms with Crippen molar-refractivity contribution in [1.29, 1.82) is 0 Å². The van der Waals surface area contributed by atoms with Crippen LogP contribution in [0, 0.1) is 11.8 Å². The van der Waals surface area contributed by atoms with E-state index in [1.54, 1.807) is 4.90 Å². The molecule has 2 unspecified atom stereocenters. The third-order valence-electron chi connectivity index (χ3n) is 6.55. The number of anilines is 1. The second-order valence-electron chi connectivity index (χ2n) is 8.54. The third-order valence-corrected chi connectivity index (χ3v) is 6.55. The van der Waals surface area contributed by atoms with Gasteiger partial charge < -0.3 is 15.5 Å². The van der Waals surface area contributed by atoms with E-state index < -0.39 is 0 Å². The van der Waals surface area contributed by atoms with E-state index in [0.29, 0.717) is 25.4 Å². The molecule has 1 aliphatic carbocycles. The molecule has 2 aromatic rings. The number of hydrogen-bond acceptors (Lipinski definition) is 3. The highest BCUT2D eigenvalue weighted by Crippen LogP contribution is 2.39. The van der Waals surface area contributed by atoms with Gasteiger partial charge in [-0.2, -0.15) is 0 Å². The first kappa shape index (κ1) is 18.4. The van der Waals surface area contributed by atoms with Gasteiger partial charge in [0, 0.05) is 25.2 Å². The topological polar surface area (TPSA) is 61.4 Å². The number of hydrogen-bond donors (Lipinski definition) is 2. The second kappa shape index (κ2) is 7.64. The van der Waals surface area contributed by atoms with Crippen LogP contribution in [-0.2, 0) is 16.0 Å². The molecule has 5 nitrogen and oxygen atoms in total. The largest absolute Gasteiger partial charge is 0.355 e. The van der Waals surface area contributed by atoms with Crippen LogP contribution < -0.4 is 15.5 Å². The van der Waals surface area contributed by atoms with Crippen LogP contribution >= 0.6 is 0 Å². The minimum atomic E-state index is -0.260. The van der Waals surface area contributed by atoms with E-state index in [4.69, 9.17) is 0 Å². The number of piperidine rings is 1. The van der Waals surface area contributed by atoms with Gasteiger partial charge in [-0.25, -0.2) is 0 Å². The van der Waals surface area contributed by atoms with Crippen molar-refractivity contribution in [3.63, 3.8) is 0 Å². The Balaban J connectivity index is 1.25. The normalized spacial score (nSPS) is 23.0. The zero-order valence-corrected chi connectivity index (χ0v) is 16.6. The molecular formula is C24H27N3O2. The van der Waals surface area contributed by atoms with Crippen LogP contribution in [0.25, 0.3) is 11.1 Å². The molecule has 2 saturated heterocycles. The molecular weight excluding hydrogens is 362 g/mol. The lowest BCUT2D eigenvalue weighted by Gasteiger charge is -2.23. The Bertz CT molecular complexity index is 949. The summed E-state index contributed by atoms with van der Waals surface area (Å²) in [7, 11) is 0. The van der Waals surface area contributed by atoms with E-state index in [-0.39, 0.29) is 17.7 Å². The predicted molar refractivity (Wildman–Crippen MR) is 114 cm³/mol. The van der Waals surface area contributed by atoms with Crippen LogP contribution in [0.5, 0.6) is 0 Å². The summed E-state index contributed by atoms with van der Waals surface area (Å²) in [6, 6.07) is 14.7. The van der Waals surface area contributed by atoms with Crippen LogP contribution in [0.4, 0.5) is 5.69 Å². The molecule has 150 valence electrons. The molecule has 2 atom stereocenters. The Kier molecular flexibility index (Phi) is 4.84. The molecule has 3 aliphatic rings. The maximum absolute atomic E-state index is 12.6. The van der Waals surface area contributed by atoms with E-state index in [0.717, 1.165) is 31.6 Å². The quantitative estimate of drug-likeness (QED) is 0.721. The minimum Gasteiger partial charge on any atom is -0.355 e. The molecule has 2 aromatic carbocycles. The first-order valence-corrected chi connectivity index (χ1v) is 10.7. The lowest BCUT2D eigenvalue weighted by Crippen LogP contribution is -2.40. The zero-order chi connectivity index (χ0) is 19.8. The summed E-state index contributed by atoms with van der Waals surface area (Å²) in [6.07, 6.45) is 3.52. The number of nitrogens with zero attached hydrogens (tertiary/aromatic N) is 1. The Labute approximate surface area is 171 Å². The molecule has 5 rings (SSSR count). The summed E-state index contributed by atoms with van der Waals surface area (Å²) < 4.78 is 0. The maximum atomic E-state index is 12.6. The average Bonchev–Trinajstić information content (AvgIpc) is 3.32. The lowest BCUT2D eigenvalue weighted by atomic mass is 9.99. The number of benzene rings is 2. The van der Waals surface area contributed by atoms with Crippen molar-refractivity contribution in [2.24, 2.45) is 11.8 Å². The van der Waals surface area contributed by atoms with Crippen molar-refractivity contribution in [1.82, 2.24) is 10.6 Å². The van der Waals surface area contributed by atoms with E-state index >= 15 is 0 Å². The second-order valence-corrected chi connectivity index (χ2v) is 8.54. The Morgan fingerprint density at radius 1 is 1.14 bits per heavy atom. The molecule has 2 aliphatic heterocycles. The van der Waals surface area contributed by atoms with Gasteiger partial charge in [0.25, 0.3) is 0 Å². The summed E-state index contributed by atoms with van der Waals surface area (Å²) in [5.74, 6) is 0.295. The molecule has 0 radical (unpaired) electrons. The molecule has 29 heavy (non-hydrogen) atoms. The van der Waals surface area contributed by atoms with Crippen LogP contribution in [0.2, 0.25) is 0 Å². The number of amides is 2. The van der Waals surface area contributed by atoms with Gasteiger partial charge >= 0.3 is 0 Å². The van der Waals surface area contributed by atoms with Gasteiger partial charge in [0.1, 0.15) is 0 Å². The number of nitrogens with one attached hydrogen (secondary N) is 2. The van der Waals surface area contributed by atoms with E-state index in [1.807, 2.05) is 6.07 Å². The van der Waals surface area contributed by atoms with Crippen molar-refractivity contribution >= 4 is 17.5 Å². The molecule has 0 spiro atoms. The predicted octanol–water partition coefficient (Wildman–Crippen LogP) is 2.73. The van der Waals surface area contributed by atoms with E-state index in [9.17, 15) is 9.59 Å². The SMILES string of the molecule is O=C(NCC1CCCNC1)C1CC(=O)N(c2ccc3c(c2)Cc2ccccc2-3)C1. The van der Waals surface area contributed by atoms with Gasteiger partial charge in [0.2, 0.25) is 11.8 Å². The van der Waals surface area contributed by atoms with Crippen molar-refractivity contribution in [2.45, 2.75) is 25.7 Å². The van der Waals surface area contributed by atoms with E-state index in [1.165, 1.54) is 28.7 Å². The van der Waals surface area contributed by atoms with Crippen molar-refractivity contribution in [2.75, 3.05) is 31.1 Å². The number of rotatable bonds is 4.